The lowest BCUT2D eigenvalue weighted by atomic mass is 9.83. The summed E-state index contributed by atoms with van der Waals surface area (Å²) in [7, 11) is 0. The van der Waals surface area contributed by atoms with Crippen LogP contribution in [0.2, 0.25) is 5.02 Å². The summed E-state index contributed by atoms with van der Waals surface area (Å²) in [5, 5.41) is 0.645. The number of rotatable bonds is 2. The van der Waals surface area contributed by atoms with E-state index in [0.29, 0.717) is 15.7 Å². The number of hydrogen-bond donors (Lipinski definition) is 1. The number of hydrogen-bond acceptors (Lipinski definition) is 5. The molecular formula is C20H13ClN2O3S2. The van der Waals surface area contributed by atoms with Gasteiger partial charge in [-0.25, -0.2) is 4.90 Å². The fraction of sp³-hybridized carbons (Fsp3) is 0.150. The molecule has 3 aromatic rings. The molecule has 0 bridgehead atoms. The highest BCUT2D eigenvalue weighted by Gasteiger charge is 2.56. The average molecular weight is 429 g/mol. The highest BCUT2D eigenvalue weighted by Crippen LogP contribution is 2.53. The van der Waals surface area contributed by atoms with Gasteiger partial charge in [0.2, 0.25) is 11.8 Å². The summed E-state index contributed by atoms with van der Waals surface area (Å²) in [6, 6.07) is 16.3. The second-order valence-corrected chi connectivity index (χ2v) is 9.25. The number of nitrogens with zero attached hydrogens (tertiary/aromatic N) is 1. The van der Waals surface area contributed by atoms with Gasteiger partial charge < -0.3 is 4.98 Å². The Morgan fingerprint density at radius 2 is 1.64 bits per heavy atom. The van der Waals surface area contributed by atoms with Crippen LogP contribution in [0.15, 0.2) is 64.4 Å². The summed E-state index contributed by atoms with van der Waals surface area (Å²) in [4.78, 5) is 43.3. The van der Waals surface area contributed by atoms with Gasteiger partial charge in [0.25, 0.3) is 0 Å². The number of anilines is 1. The van der Waals surface area contributed by atoms with Crippen molar-refractivity contribution in [3.05, 3.63) is 79.7 Å². The lowest BCUT2D eigenvalue weighted by Gasteiger charge is -2.29. The first-order valence-electron chi connectivity index (χ1n) is 8.62. The molecule has 1 aromatic heterocycles. The van der Waals surface area contributed by atoms with Crippen LogP contribution in [-0.4, -0.2) is 22.0 Å². The van der Waals surface area contributed by atoms with Crippen LogP contribution >= 0.6 is 34.7 Å². The molecular weight excluding hydrogens is 416 g/mol. The Hall–Kier alpha value is -2.35. The molecule has 8 heteroatoms. The van der Waals surface area contributed by atoms with Crippen molar-refractivity contribution in [2.45, 2.75) is 16.2 Å². The monoisotopic (exact) mass is 428 g/mol. The number of carbonyl (C=O) groups excluding carboxylic acids is 2. The van der Waals surface area contributed by atoms with Crippen LogP contribution in [0.3, 0.4) is 0 Å². The van der Waals surface area contributed by atoms with E-state index < -0.39 is 11.2 Å². The maximum Gasteiger partial charge on any atom is 0.305 e. The van der Waals surface area contributed by atoms with Gasteiger partial charge in [-0.2, -0.15) is 0 Å². The van der Waals surface area contributed by atoms with Crippen LogP contribution in [0.5, 0.6) is 0 Å². The molecule has 1 fully saturated rings. The Labute approximate surface area is 173 Å². The number of nitrogens with one attached hydrogen (secondary N) is 1. The molecule has 28 heavy (non-hydrogen) atoms. The first-order valence-corrected chi connectivity index (χ1v) is 10.7. The smallest absolute Gasteiger partial charge is 0.305 e. The van der Waals surface area contributed by atoms with Gasteiger partial charge in [0.05, 0.1) is 16.6 Å². The minimum Gasteiger partial charge on any atom is -0.307 e. The molecule has 1 saturated heterocycles. The van der Waals surface area contributed by atoms with Crippen molar-refractivity contribution >= 4 is 52.2 Å². The van der Waals surface area contributed by atoms with Crippen molar-refractivity contribution in [3.8, 4) is 0 Å². The molecule has 2 unspecified atom stereocenters. The molecule has 5 nitrogen and oxygen atoms in total. The number of thioether (sulfide) groups is 1. The van der Waals surface area contributed by atoms with Crippen LogP contribution in [-0.2, 0) is 9.59 Å². The Morgan fingerprint density at radius 3 is 2.36 bits per heavy atom. The third-order valence-electron chi connectivity index (χ3n) is 5.07. The van der Waals surface area contributed by atoms with Gasteiger partial charge in [-0.15, -0.1) is 0 Å². The van der Waals surface area contributed by atoms with Crippen molar-refractivity contribution in [1.29, 1.82) is 0 Å². The molecule has 2 aliphatic rings. The number of halogens is 1. The van der Waals surface area contributed by atoms with E-state index in [4.69, 9.17) is 11.6 Å². The number of aromatic amines is 1. The predicted molar refractivity (Wildman–Crippen MR) is 110 cm³/mol. The number of amides is 2. The van der Waals surface area contributed by atoms with Gasteiger partial charge in [-0.3, -0.25) is 14.4 Å². The van der Waals surface area contributed by atoms with Crippen LogP contribution in [0.25, 0.3) is 0 Å². The summed E-state index contributed by atoms with van der Waals surface area (Å²) in [5.41, 5.74) is 1.44. The normalized spacial score (nSPS) is 23.6. The van der Waals surface area contributed by atoms with Crippen LogP contribution in [0, 0.1) is 5.92 Å². The second-order valence-electron chi connectivity index (χ2n) is 6.65. The molecule has 0 radical (unpaired) electrons. The maximum absolute atomic E-state index is 13.4. The van der Waals surface area contributed by atoms with Gasteiger partial charge in [-0.1, -0.05) is 65.0 Å². The van der Waals surface area contributed by atoms with Crippen LogP contribution in [0.4, 0.5) is 5.69 Å². The Bertz CT molecular complexity index is 1140. The van der Waals surface area contributed by atoms with Gasteiger partial charge in [0, 0.05) is 15.8 Å². The third kappa shape index (κ3) is 2.65. The Kier molecular flexibility index (Phi) is 4.19. The molecule has 3 atom stereocenters. The number of H-pyrrole nitrogens is 1. The minimum absolute atomic E-state index is 0.173. The topological polar surface area (TPSA) is 70.2 Å². The van der Waals surface area contributed by atoms with Gasteiger partial charge in [0.15, 0.2) is 0 Å². The van der Waals surface area contributed by atoms with E-state index in [0.717, 1.165) is 21.8 Å². The highest BCUT2D eigenvalue weighted by atomic mass is 35.5. The van der Waals surface area contributed by atoms with Crippen molar-refractivity contribution in [3.63, 3.8) is 0 Å². The van der Waals surface area contributed by atoms with Crippen molar-refractivity contribution in [1.82, 2.24) is 4.98 Å². The standard InChI is InChI=1S/C20H13ClN2O3S2/c21-11-6-8-12(9-7-11)23-18(24)14-13(10-4-2-1-3-5-10)15-17(22-20(26)28-15)27-16(14)19(23)25/h1-9,13-14,16H,(H,22,26)/t13-,14?,16?/m1/s1. The summed E-state index contributed by atoms with van der Waals surface area (Å²) >= 11 is 8.34. The molecule has 3 heterocycles. The largest absolute Gasteiger partial charge is 0.307 e. The highest BCUT2D eigenvalue weighted by molar-refractivity contribution is 8.00. The Balaban J connectivity index is 1.65. The molecule has 0 aliphatic carbocycles. The molecule has 5 rings (SSSR count). The fourth-order valence-electron chi connectivity index (χ4n) is 3.88. The van der Waals surface area contributed by atoms with Crippen LogP contribution in [0.1, 0.15) is 16.4 Å². The molecule has 0 spiro atoms. The third-order valence-corrected chi connectivity index (χ3v) is 7.72. The van der Waals surface area contributed by atoms with E-state index in [2.05, 4.69) is 4.98 Å². The van der Waals surface area contributed by atoms with Crippen molar-refractivity contribution < 1.29 is 9.59 Å². The molecule has 2 aliphatic heterocycles. The number of aromatic nitrogens is 1. The predicted octanol–water partition coefficient (Wildman–Crippen LogP) is 3.89. The van der Waals surface area contributed by atoms with Gasteiger partial charge in [0.1, 0.15) is 5.25 Å². The maximum atomic E-state index is 13.4. The van der Waals surface area contributed by atoms with E-state index in [-0.39, 0.29) is 22.6 Å². The number of thiazole rings is 1. The van der Waals surface area contributed by atoms with Crippen molar-refractivity contribution in [2.24, 2.45) is 5.92 Å². The lowest BCUT2D eigenvalue weighted by molar-refractivity contribution is -0.122. The average Bonchev–Trinajstić information content (AvgIpc) is 3.18. The summed E-state index contributed by atoms with van der Waals surface area (Å²) in [6.07, 6.45) is 0. The quantitative estimate of drug-likeness (QED) is 0.629. The molecule has 1 N–H and O–H groups in total. The lowest BCUT2D eigenvalue weighted by Crippen LogP contribution is -2.32. The molecule has 2 aromatic carbocycles. The zero-order valence-corrected chi connectivity index (χ0v) is 16.7. The SMILES string of the molecule is O=C1C2Sc3[nH]c(=O)sc3[C@H](c3ccccc3)C2C(=O)N1c1ccc(Cl)cc1. The summed E-state index contributed by atoms with van der Waals surface area (Å²) in [6.45, 7) is 0. The summed E-state index contributed by atoms with van der Waals surface area (Å²) in [5.74, 6) is -1.40. The van der Waals surface area contributed by atoms with E-state index in [1.54, 1.807) is 24.3 Å². The molecule has 0 saturated carbocycles. The zero-order valence-electron chi connectivity index (χ0n) is 14.3. The first-order chi connectivity index (χ1) is 13.5. The number of imide groups is 1. The molecule has 140 valence electrons. The number of fused-ring (bicyclic) bond motifs is 2. The van der Waals surface area contributed by atoms with Gasteiger partial charge >= 0.3 is 4.87 Å². The van der Waals surface area contributed by atoms with Crippen LogP contribution < -0.4 is 9.77 Å². The van der Waals surface area contributed by atoms with E-state index in [1.807, 2.05) is 30.3 Å². The van der Waals surface area contributed by atoms with E-state index in [9.17, 15) is 14.4 Å². The van der Waals surface area contributed by atoms with Crippen molar-refractivity contribution in [2.75, 3.05) is 4.90 Å². The zero-order chi connectivity index (χ0) is 19.4. The number of benzene rings is 2. The minimum atomic E-state index is -0.578. The number of carbonyl (C=O) groups is 2. The molecule has 2 amide bonds. The van der Waals surface area contributed by atoms with Gasteiger partial charge in [-0.05, 0) is 29.8 Å². The second kappa shape index (κ2) is 6.62. The summed E-state index contributed by atoms with van der Waals surface area (Å²) < 4.78 is 0. The first kappa shape index (κ1) is 17.7. The Morgan fingerprint density at radius 1 is 0.929 bits per heavy atom. The van der Waals surface area contributed by atoms with E-state index in [1.165, 1.54) is 16.7 Å². The van der Waals surface area contributed by atoms with E-state index >= 15 is 0 Å². The fourth-order valence-corrected chi connectivity index (χ4v) is 6.52.